The number of anilines is 3. The molecule has 0 atom stereocenters. The Balaban J connectivity index is 1.57. The number of para-hydroxylation sites is 1. The summed E-state index contributed by atoms with van der Waals surface area (Å²) in [4.78, 5) is 30.5. The minimum Gasteiger partial charge on any atom is -0.359 e. The molecule has 1 aliphatic heterocycles. The molecule has 4 rings (SSSR count). The summed E-state index contributed by atoms with van der Waals surface area (Å²) in [6.07, 6.45) is 2.24. The van der Waals surface area contributed by atoms with Crippen LogP contribution in [0.15, 0.2) is 66.9 Å². The number of likely N-dealkylation sites (N-methyl/N-ethyl adjacent to an activating group) is 1. The number of carbonyl (C=O) groups excluding carboxylic acids is 2. The van der Waals surface area contributed by atoms with Gasteiger partial charge in [-0.15, -0.1) is 0 Å². The predicted molar refractivity (Wildman–Crippen MR) is 110 cm³/mol. The molecule has 6 heteroatoms. The number of pyridine rings is 1. The van der Waals surface area contributed by atoms with E-state index in [0.29, 0.717) is 17.1 Å². The van der Waals surface area contributed by atoms with Crippen LogP contribution < -0.4 is 15.5 Å². The summed E-state index contributed by atoms with van der Waals surface area (Å²) in [6, 6.07) is 19.5. The van der Waals surface area contributed by atoms with E-state index in [1.54, 1.807) is 13.1 Å². The highest BCUT2D eigenvalue weighted by molar-refractivity contribution is 6.07. The first-order chi connectivity index (χ1) is 13.6. The van der Waals surface area contributed by atoms with E-state index in [9.17, 15) is 9.59 Å². The van der Waals surface area contributed by atoms with Crippen LogP contribution in [0.25, 0.3) is 0 Å². The van der Waals surface area contributed by atoms with Crippen molar-refractivity contribution in [2.24, 2.45) is 0 Å². The SMILES string of the molecule is CN1C(=O)CNc2ncc(C(=O)Nc3ccccc3Cc3ccccc3)cc21. The summed E-state index contributed by atoms with van der Waals surface area (Å²) in [5.41, 5.74) is 3.96. The number of hydrogen-bond donors (Lipinski definition) is 2. The van der Waals surface area contributed by atoms with E-state index in [0.717, 1.165) is 17.7 Å². The van der Waals surface area contributed by atoms with Gasteiger partial charge in [0, 0.05) is 18.9 Å². The minimum absolute atomic E-state index is 0.0694. The molecule has 0 unspecified atom stereocenters. The van der Waals surface area contributed by atoms with Gasteiger partial charge in [-0.3, -0.25) is 9.59 Å². The van der Waals surface area contributed by atoms with Crippen molar-refractivity contribution in [1.29, 1.82) is 0 Å². The van der Waals surface area contributed by atoms with Crippen LogP contribution >= 0.6 is 0 Å². The maximum absolute atomic E-state index is 12.8. The zero-order valence-electron chi connectivity index (χ0n) is 15.5. The standard InChI is InChI=1S/C22H20N4O2/c1-26-19-12-17(13-23-21(19)24-14-20(26)27)22(28)25-18-10-6-5-9-16(18)11-15-7-3-2-4-8-15/h2-10,12-13H,11,14H2,1H3,(H,23,24)(H,25,28). The Morgan fingerprint density at radius 1 is 1.14 bits per heavy atom. The number of nitrogens with zero attached hydrogens (tertiary/aromatic N) is 2. The highest BCUT2D eigenvalue weighted by Crippen LogP contribution is 2.27. The van der Waals surface area contributed by atoms with Gasteiger partial charge in [-0.1, -0.05) is 48.5 Å². The Labute approximate surface area is 163 Å². The lowest BCUT2D eigenvalue weighted by Gasteiger charge is -2.26. The van der Waals surface area contributed by atoms with E-state index in [2.05, 4.69) is 27.8 Å². The molecule has 2 N–H and O–H groups in total. The van der Waals surface area contributed by atoms with Crippen LogP contribution in [-0.4, -0.2) is 30.4 Å². The molecule has 0 saturated carbocycles. The normalized spacial score (nSPS) is 12.9. The van der Waals surface area contributed by atoms with Crippen molar-refractivity contribution in [3.05, 3.63) is 83.6 Å². The largest absolute Gasteiger partial charge is 0.359 e. The molecule has 2 heterocycles. The summed E-state index contributed by atoms with van der Waals surface area (Å²) in [7, 11) is 1.68. The number of hydrogen-bond acceptors (Lipinski definition) is 4. The van der Waals surface area contributed by atoms with Gasteiger partial charge in [-0.25, -0.2) is 4.98 Å². The predicted octanol–water partition coefficient (Wildman–Crippen LogP) is 3.31. The second kappa shape index (κ2) is 7.52. The quantitative estimate of drug-likeness (QED) is 0.737. The lowest BCUT2D eigenvalue weighted by atomic mass is 10.0. The van der Waals surface area contributed by atoms with Crippen molar-refractivity contribution in [1.82, 2.24) is 4.98 Å². The van der Waals surface area contributed by atoms with E-state index >= 15 is 0 Å². The fraction of sp³-hybridized carbons (Fsp3) is 0.136. The van der Waals surface area contributed by atoms with Gasteiger partial charge in [0.25, 0.3) is 5.91 Å². The molecule has 0 aliphatic carbocycles. The Hall–Kier alpha value is -3.67. The highest BCUT2D eigenvalue weighted by Gasteiger charge is 2.23. The van der Waals surface area contributed by atoms with Crippen molar-refractivity contribution >= 4 is 29.0 Å². The molecule has 2 aromatic carbocycles. The number of amides is 2. The maximum atomic E-state index is 12.8. The molecule has 1 aliphatic rings. The highest BCUT2D eigenvalue weighted by atomic mass is 16.2. The molecule has 0 saturated heterocycles. The van der Waals surface area contributed by atoms with Crippen molar-refractivity contribution in [3.63, 3.8) is 0 Å². The summed E-state index contributed by atoms with van der Waals surface area (Å²) in [5.74, 6) is 0.269. The van der Waals surface area contributed by atoms with Crippen molar-refractivity contribution in [2.75, 3.05) is 29.1 Å². The van der Waals surface area contributed by atoms with E-state index in [1.165, 1.54) is 16.7 Å². The molecular formula is C22H20N4O2. The van der Waals surface area contributed by atoms with Crippen molar-refractivity contribution in [3.8, 4) is 0 Å². The van der Waals surface area contributed by atoms with Gasteiger partial charge >= 0.3 is 0 Å². The minimum atomic E-state index is -0.262. The first kappa shape index (κ1) is 17.7. The number of aromatic nitrogens is 1. The number of nitrogens with one attached hydrogen (secondary N) is 2. The van der Waals surface area contributed by atoms with Crippen LogP contribution in [0.3, 0.4) is 0 Å². The van der Waals surface area contributed by atoms with E-state index in [-0.39, 0.29) is 18.4 Å². The van der Waals surface area contributed by atoms with Crippen LogP contribution in [0.2, 0.25) is 0 Å². The first-order valence-electron chi connectivity index (χ1n) is 9.05. The van der Waals surface area contributed by atoms with Crippen LogP contribution in [0.5, 0.6) is 0 Å². The lowest BCUT2D eigenvalue weighted by molar-refractivity contribution is -0.116. The smallest absolute Gasteiger partial charge is 0.257 e. The van der Waals surface area contributed by atoms with E-state index in [4.69, 9.17) is 0 Å². The third-order valence-electron chi connectivity index (χ3n) is 4.78. The van der Waals surface area contributed by atoms with Crippen LogP contribution in [0.4, 0.5) is 17.2 Å². The molecule has 2 amide bonds. The fourth-order valence-electron chi connectivity index (χ4n) is 3.19. The third kappa shape index (κ3) is 3.57. The second-order valence-electron chi connectivity index (χ2n) is 6.67. The zero-order chi connectivity index (χ0) is 19.5. The number of carbonyl (C=O) groups is 2. The van der Waals surface area contributed by atoms with Gasteiger partial charge in [0.15, 0.2) is 0 Å². The molecule has 140 valence electrons. The van der Waals surface area contributed by atoms with Crippen LogP contribution in [0.1, 0.15) is 21.5 Å². The summed E-state index contributed by atoms with van der Waals surface area (Å²) < 4.78 is 0. The molecule has 0 bridgehead atoms. The molecule has 3 aromatic rings. The van der Waals surface area contributed by atoms with Gasteiger partial charge in [0.1, 0.15) is 5.82 Å². The summed E-state index contributed by atoms with van der Waals surface area (Å²) in [6.45, 7) is 0.203. The average molecular weight is 372 g/mol. The van der Waals surface area contributed by atoms with Gasteiger partial charge in [-0.2, -0.15) is 0 Å². The molecule has 6 nitrogen and oxygen atoms in total. The Morgan fingerprint density at radius 2 is 1.89 bits per heavy atom. The van der Waals surface area contributed by atoms with Gasteiger partial charge < -0.3 is 15.5 Å². The molecule has 0 spiro atoms. The van der Waals surface area contributed by atoms with Crippen molar-refractivity contribution in [2.45, 2.75) is 6.42 Å². The van der Waals surface area contributed by atoms with Crippen LogP contribution in [0, 0.1) is 0 Å². The van der Waals surface area contributed by atoms with E-state index < -0.39 is 0 Å². The summed E-state index contributed by atoms with van der Waals surface area (Å²) in [5, 5.41) is 5.94. The van der Waals surface area contributed by atoms with Gasteiger partial charge in [0.2, 0.25) is 5.91 Å². The average Bonchev–Trinajstić information content (AvgIpc) is 2.73. The lowest BCUT2D eigenvalue weighted by Crippen LogP contribution is -2.37. The Morgan fingerprint density at radius 3 is 2.71 bits per heavy atom. The van der Waals surface area contributed by atoms with Crippen LogP contribution in [-0.2, 0) is 11.2 Å². The zero-order valence-corrected chi connectivity index (χ0v) is 15.5. The molecule has 28 heavy (non-hydrogen) atoms. The maximum Gasteiger partial charge on any atom is 0.257 e. The topological polar surface area (TPSA) is 74.3 Å². The van der Waals surface area contributed by atoms with Gasteiger partial charge in [-0.05, 0) is 29.7 Å². The first-order valence-corrected chi connectivity index (χ1v) is 9.05. The Kier molecular flexibility index (Phi) is 4.76. The molecule has 1 aromatic heterocycles. The molecule has 0 radical (unpaired) electrons. The molecular weight excluding hydrogens is 352 g/mol. The van der Waals surface area contributed by atoms with Gasteiger partial charge in [0.05, 0.1) is 17.8 Å². The number of rotatable bonds is 4. The Bertz CT molecular complexity index is 1030. The fourth-order valence-corrected chi connectivity index (χ4v) is 3.19. The third-order valence-corrected chi connectivity index (χ3v) is 4.78. The number of benzene rings is 2. The number of fused-ring (bicyclic) bond motifs is 1. The van der Waals surface area contributed by atoms with E-state index in [1.807, 2.05) is 42.5 Å². The summed E-state index contributed by atoms with van der Waals surface area (Å²) >= 11 is 0. The molecule has 0 fully saturated rings. The monoisotopic (exact) mass is 372 g/mol. The second-order valence-corrected chi connectivity index (χ2v) is 6.67. The van der Waals surface area contributed by atoms with Crippen molar-refractivity contribution < 1.29 is 9.59 Å².